The number of rotatable bonds is 5. The third kappa shape index (κ3) is 2.82. The minimum Gasteiger partial charge on any atom is -0.474 e. The van der Waals surface area contributed by atoms with Crippen LogP contribution in [-0.2, 0) is 0 Å². The van der Waals surface area contributed by atoms with E-state index in [4.69, 9.17) is 9.15 Å². The largest absolute Gasteiger partial charge is 0.474 e. The lowest BCUT2D eigenvalue weighted by molar-refractivity contribution is -0.386. The van der Waals surface area contributed by atoms with E-state index in [1.807, 2.05) is 17.5 Å². The summed E-state index contributed by atoms with van der Waals surface area (Å²) in [4.78, 5) is 11.3. The van der Waals surface area contributed by atoms with Crippen molar-refractivity contribution in [2.75, 3.05) is 0 Å². The van der Waals surface area contributed by atoms with E-state index < -0.39 is 11.0 Å². The molecule has 0 saturated carbocycles. The quantitative estimate of drug-likeness (QED) is 0.524. The van der Waals surface area contributed by atoms with Gasteiger partial charge in [-0.25, -0.2) is 0 Å². The van der Waals surface area contributed by atoms with Crippen LogP contribution in [0.25, 0.3) is 10.8 Å². The fourth-order valence-corrected chi connectivity index (χ4v) is 2.49. The summed E-state index contributed by atoms with van der Waals surface area (Å²) < 4.78 is 11.1. The highest BCUT2D eigenvalue weighted by molar-refractivity contribution is 7.13. The molecular formula is C14H11N3O4S. The van der Waals surface area contributed by atoms with E-state index in [1.54, 1.807) is 19.1 Å². The Hall–Kier alpha value is -2.74. The standard InChI is InChI=1S/C14H11N3O4S/c1-9(20-11-6-3-2-5-10(11)17(18)19)13-15-16-14(21-13)12-7-4-8-22-12/h2-9H,1H3/t9-/m0/s1. The smallest absolute Gasteiger partial charge is 0.310 e. The average molecular weight is 317 g/mol. The van der Waals surface area contributed by atoms with Gasteiger partial charge >= 0.3 is 5.69 Å². The molecule has 22 heavy (non-hydrogen) atoms. The number of nitrogens with zero attached hydrogens (tertiary/aromatic N) is 3. The summed E-state index contributed by atoms with van der Waals surface area (Å²) in [6, 6.07) is 9.92. The summed E-state index contributed by atoms with van der Waals surface area (Å²) in [5, 5.41) is 20.8. The van der Waals surface area contributed by atoms with E-state index in [0.717, 1.165) is 4.88 Å². The predicted octanol–water partition coefficient (Wildman–Crippen LogP) is 3.85. The topological polar surface area (TPSA) is 91.3 Å². The van der Waals surface area contributed by atoms with Crippen LogP contribution in [0.2, 0.25) is 0 Å². The summed E-state index contributed by atoms with van der Waals surface area (Å²) in [5.74, 6) is 0.834. The molecule has 0 aliphatic rings. The molecule has 0 bridgehead atoms. The summed E-state index contributed by atoms with van der Waals surface area (Å²) in [6.07, 6.45) is -0.595. The molecule has 3 aromatic rings. The predicted molar refractivity (Wildman–Crippen MR) is 79.8 cm³/mol. The van der Waals surface area contributed by atoms with Gasteiger partial charge in [0.25, 0.3) is 11.8 Å². The van der Waals surface area contributed by atoms with Crippen molar-refractivity contribution in [2.45, 2.75) is 13.0 Å². The van der Waals surface area contributed by atoms with Crippen molar-refractivity contribution >= 4 is 17.0 Å². The first-order valence-corrected chi connectivity index (χ1v) is 7.30. The molecule has 112 valence electrons. The van der Waals surface area contributed by atoms with E-state index in [1.165, 1.54) is 23.5 Å². The second-order valence-electron chi connectivity index (χ2n) is 4.41. The number of hydrogen-bond donors (Lipinski definition) is 0. The third-order valence-electron chi connectivity index (χ3n) is 2.89. The van der Waals surface area contributed by atoms with Crippen LogP contribution < -0.4 is 4.74 Å². The van der Waals surface area contributed by atoms with Gasteiger partial charge in [-0.15, -0.1) is 21.5 Å². The lowest BCUT2D eigenvalue weighted by Gasteiger charge is -2.10. The Bertz CT molecular complexity index is 785. The minimum atomic E-state index is -0.595. The molecule has 0 spiro atoms. The van der Waals surface area contributed by atoms with Gasteiger partial charge in [0.05, 0.1) is 9.80 Å². The van der Waals surface area contributed by atoms with Gasteiger partial charge in [-0.1, -0.05) is 18.2 Å². The zero-order valence-electron chi connectivity index (χ0n) is 11.5. The average Bonchev–Trinajstić information content (AvgIpc) is 3.18. The minimum absolute atomic E-state index is 0.104. The third-order valence-corrected chi connectivity index (χ3v) is 3.74. The highest BCUT2D eigenvalue weighted by Gasteiger charge is 2.21. The molecule has 0 fully saturated rings. The van der Waals surface area contributed by atoms with Crippen molar-refractivity contribution in [3.05, 3.63) is 57.8 Å². The Kier molecular flexibility index (Phi) is 3.84. The maximum Gasteiger partial charge on any atom is 0.310 e. The van der Waals surface area contributed by atoms with Crippen LogP contribution in [-0.4, -0.2) is 15.1 Å². The Balaban J connectivity index is 1.81. The van der Waals surface area contributed by atoms with Crippen molar-refractivity contribution in [3.63, 3.8) is 0 Å². The maximum atomic E-state index is 11.0. The van der Waals surface area contributed by atoms with Crippen LogP contribution in [0.3, 0.4) is 0 Å². The van der Waals surface area contributed by atoms with Crippen LogP contribution >= 0.6 is 11.3 Å². The fourth-order valence-electron chi connectivity index (χ4n) is 1.85. The van der Waals surface area contributed by atoms with Gasteiger partial charge < -0.3 is 9.15 Å². The second-order valence-corrected chi connectivity index (χ2v) is 5.36. The number of nitro benzene ring substituents is 1. The number of hydrogen-bond acceptors (Lipinski definition) is 7. The summed E-state index contributed by atoms with van der Waals surface area (Å²) in [7, 11) is 0. The molecule has 8 heteroatoms. The monoisotopic (exact) mass is 317 g/mol. The zero-order chi connectivity index (χ0) is 15.5. The lowest BCUT2D eigenvalue weighted by Crippen LogP contribution is -2.05. The normalized spacial score (nSPS) is 12.0. The molecule has 2 aromatic heterocycles. The number of nitro groups is 1. The Labute approximate surface area is 129 Å². The molecule has 2 heterocycles. The first-order valence-electron chi connectivity index (χ1n) is 6.42. The maximum absolute atomic E-state index is 11.0. The highest BCUT2D eigenvalue weighted by Crippen LogP contribution is 2.31. The number of thiophene rings is 1. The number of para-hydroxylation sites is 2. The van der Waals surface area contributed by atoms with E-state index in [0.29, 0.717) is 5.89 Å². The molecule has 3 rings (SSSR count). The van der Waals surface area contributed by atoms with Crippen LogP contribution in [0.5, 0.6) is 5.75 Å². The molecule has 0 unspecified atom stereocenters. The van der Waals surface area contributed by atoms with Crippen molar-refractivity contribution in [3.8, 4) is 16.5 Å². The van der Waals surface area contributed by atoms with Crippen LogP contribution in [0.1, 0.15) is 18.9 Å². The van der Waals surface area contributed by atoms with Gasteiger partial charge in [0.15, 0.2) is 11.9 Å². The number of benzene rings is 1. The van der Waals surface area contributed by atoms with Crippen molar-refractivity contribution in [1.82, 2.24) is 10.2 Å². The second kappa shape index (κ2) is 5.94. The molecular weight excluding hydrogens is 306 g/mol. The zero-order valence-corrected chi connectivity index (χ0v) is 12.3. The van der Waals surface area contributed by atoms with Gasteiger partial charge in [-0.05, 0) is 24.4 Å². The first-order chi connectivity index (χ1) is 10.6. The van der Waals surface area contributed by atoms with Gasteiger partial charge in [0.1, 0.15) is 0 Å². The Morgan fingerprint density at radius 3 is 2.82 bits per heavy atom. The van der Waals surface area contributed by atoms with E-state index in [9.17, 15) is 10.1 Å². The fraction of sp³-hybridized carbons (Fsp3) is 0.143. The van der Waals surface area contributed by atoms with E-state index >= 15 is 0 Å². The van der Waals surface area contributed by atoms with Crippen LogP contribution in [0, 0.1) is 10.1 Å². The summed E-state index contributed by atoms with van der Waals surface area (Å²) >= 11 is 1.49. The van der Waals surface area contributed by atoms with Crippen LogP contribution in [0.4, 0.5) is 5.69 Å². The Morgan fingerprint density at radius 2 is 2.09 bits per heavy atom. The summed E-state index contributed by atoms with van der Waals surface area (Å²) in [6.45, 7) is 1.70. The van der Waals surface area contributed by atoms with Crippen molar-refractivity contribution < 1.29 is 14.1 Å². The molecule has 1 aromatic carbocycles. The molecule has 0 aliphatic heterocycles. The highest BCUT2D eigenvalue weighted by atomic mass is 32.1. The van der Waals surface area contributed by atoms with Gasteiger partial charge in [-0.3, -0.25) is 10.1 Å². The van der Waals surface area contributed by atoms with Gasteiger partial charge in [0, 0.05) is 6.07 Å². The van der Waals surface area contributed by atoms with Gasteiger partial charge in [-0.2, -0.15) is 0 Å². The molecule has 1 atom stereocenters. The molecule has 0 radical (unpaired) electrons. The molecule has 0 amide bonds. The van der Waals surface area contributed by atoms with Crippen LogP contribution in [0.15, 0.2) is 46.2 Å². The number of aromatic nitrogens is 2. The molecule has 0 saturated heterocycles. The van der Waals surface area contributed by atoms with E-state index in [-0.39, 0.29) is 17.3 Å². The molecule has 7 nitrogen and oxygen atoms in total. The molecule has 0 N–H and O–H groups in total. The van der Waals surface area contributed by atoms with Gasteiger partial charge in [0.2, 0.25) is 0 Å². The molecule has 0 aliphatic carbocycles. The summed E-state index contributed by atoms with van der Waals surface area (Å²) in [5.41, 5.74) is -0.104. The van der Waals surface area contributed by atoms with Crippen molar-refractivity contribution in [1.29, 1.82) is 0 Å². The Morgan fingerprint density at radius 1 is 1.27 bits per heavy atom. The first kappa shape index (κ1) is 14.2. The SMILES string of the molecule is C[C@H](Oc1ccccc1[N+](=O)[O-])c1nnc(-c2cccs2)o1. The van der Waals surface area contributed by atoms with E-state index in [2.05, 4.69) is 10.2 Å². The van der Waals surface area contributed by atoms with Crippen molar-refractivity contribution in [2.24, 2.45) is 0 Å². The number of ether oxygens (including phenoxy) is 1. The lowest BCUT2D eigenvalue weighted by atomic mass is 10.3.